The smallest absolute Gasteiger partial charge is 0.379 e. The van der Waals surface area contributed by atoms with E-state index < -0.39 is 5.97 Å². The molecule has 1 aromatic heterocycles. The summed E-state index contributed by atoms with van der Waals surface area (Å²) >= 11 is 0. The van der Waals surface area contributed by atoms with Gasteiger partial charge in [-0.3, -0.25) is 0 Å². The van der Waals surface area contributed by atoms with Crippen LogP contribution >= 0.6 is 0 Å². The van der Waals surface area contributed by atoms with Gasteiger partial charge in [-0.05, 0) is 67.9 Å². The van der Waals surface area contributed by atoms with Gasteiger partial charge in [0.15, 0.2) is 0 Å². The van der Waals surface area contributed by atoms with Crippen LogP contribution in [0.15, 0.2) is 4.52 Å². The molecule has 0 aromatic carbocycles. The van der Waals surface area contributed by atoms with Crippen LogP contribution in [0, 0.1) is 23.7 Å². The zero-order valence-corrected chi connectivity index (χ0v) is 11.7. The molecule has 0 amide bonds. The monoisotopic (exact) mass is 276 g/mol. The number of hydrogen-bond donors (Lipinski definition) is 0. The van der Waals surface area contributed by atoms with Crippen LogP contribution in [-0.4, -0.2) is 22.7 Å². The molecule has 0 unspecified atom stereocenters. The molecule has 0 N–H and O–H groups in total. The van der Waals surface area contributed by atoms with Crippen molar-refractivity contribution in [3.05, 3.63) is 11.7 Å². The van der Waals surface area contributed by atoms with Crippen LogP contribution in [-0.2, 0) is 4.74 Å². The Morgan fingerprint density at radius 3 is 2.45 bits per heavy atom. The molecule has 0 saturated heterocycles. The van der Waals surface area contributed by atoms with Crippen molar-refractivity contribution in [3.63, 3.8) is 0 Å². The lowest BCUT2D eigenvalue weighted by Gasteiger charge is -2.53. The zero-order valence-electron chi connectivity index (χ0n) is 11.7. The molecule has 5 nitrogen and oxygen atoms in total. The molecule has 4 bridgehead atoms. The van der Waals surface area contributed by atoms with Gasteiger partial charge in [-0.2, -0.15) is 4.98 Å². The highest BCUT2D eigenvalue weighted by Crippen LogP contribution is 2.59. The summed E-state index contributed by atoms with van der Waals surface area (Å²) in [4.78, 5) is 16.0. The van der Waals surface area contributed by atoms with Crippen molar-refractivity contribution in [1.82, 2.24) is 10.1 Å². The molecule has 5 rings (SSSR count). The lowest BCUT2D eigenvalue weighted by atomic mass is 9.52. The summed E-state index contributed by atoms with van der Waals surface area (Å²) in [6.07, 6.45) is 6.63. The summed E-state index contributed by atoms with van der Waals surface area (Å²) in [5.74, 6) is 3.84. The maximum absolute atomic E-state index is 11.6. The van der Waals surface area contributed by atoms with E-state index in [-0.39, 0.29) is 5.82 Å². The zero-order chi connectivity index (χ0) is 13.7. The van der Waals surface area contributed by atoms with Crippen LogP contribution in [0.2, 0.25) is 0 Å². The average Bonchev–Trinajstić information content (AvgIpc) is 2.87. The van der Waals surface area contributed by atoms with Gasteiger partial charge in [-0.15, -0.1) is 0 Å². The van der Waals surface area contributed by atoms with E-state index in [1.54, 1.807) is 6.92 Å². The highest BCUT2D eigenvalue weighted by Gasteiger charge is 2.50. The van der Waals surface area contributed by atoms with Crippen molar-refractivity contribution in [2.24, 2.45) is 23.7 Å². The van der Waals surface area contributed by atoms with E-state index in [1.165, 1.54) is 32.1 Å². The molecule has 0 atom stereocenters. The van der Waals surface area contributed by atoms with Gasteiger partial charge in [0.1, 0.15) is 0 Å². The number of aromatic nitrogens is 2. The van der Waals surface area contributed by atoms with Crippen molar-refractivity contribution < 1.29 is 14.1 Å². The van der Waals surface area contributed by atoms with Gasteiger partial charge in [0.05, 0.1) is 6.61 Å². The first-order valence-corrected chi connectivity index (χ1v) is 7.75. The van der Waals surface area contributed by atoms with E-state index in [0.717, 1.165) is 11.8 Å². The van der Waals surface area contributed by atoms with E-state index in [9.17, 15) is 4.79 Å². The Hall–Kier alpha value is -1.39. The molecule has 4 fully saturated rings. The second-order valence-corrected chi connectivity index (χ2v) is 6.63. The van der Waals surface area contributed by atoms with E-state index in [4.69, 9.17) is 9.26 Å². The molecular weight excluding hydrogens is 256 g/mol. The standard InChI is InChI=1S/C15H20N2O3/c1-2-19-15(18)13-16-14(20-17-13)12-10-4-8-3-9(6-10)7-11(12)5-8/h8-12H,2-7H2,1H3. The number of nitrogens with zero attached hydrogens (tertiary/aromatic N) is 2. The summed E-state index contributed by atoms with van der Waals surface area (Å²) in [6, 6.07) is 0. The predicted molar refractivity (Wildman–Crippen MR) is 70.0 cm³/mol. The number of hydrogen-bond acceptors (Lipinski definition) is 5. The van der Waals surface area contributed by atoms with Crippen LogP contribution in [0.1, 0.15) is 61.5 Å². The molecular formula is C15H20N2O3. The summed E-state index contributed by atoms with van der Waals surface area (Å²) in [5.41, 5.74) is 0. The number of carbonyl (C=O) groups is 1. The molecule has 5 heteroatoms. The van der Waals surface area contributed by atoms with E-state index >= 15 is 0 Å². The SMILES string of the molecule is CCOC(=O)c1noc(C2C3CC4CC(C3)CC2C4)n1. The second kappa shape index (κ2) is 4.57. The molecule has 1 heterocycles. The highest BCUT2D eigenvalue weighted by molar-refractivity contribution is 5.84. The van der Waals surface area contributed by atoms with E-state index in [1.807, 2.05) is 0 Å². The molecule has 0 aliphatic heterocycles. The molecule has 4 saturated carbocycles. The van der Waals surface area contributed by atoms with E-state index in [2.05, 4.69) is 10.1 Å². The van der Waals surface area contributed by atoms with Gasteiger partial charge in [-0.25, -0.2) is 4.79 Å². The maximum atomic E-state index is 11.6. The summed E-state index contributed by atoms with van der Waals surface area (Å²) in [7, 11) is 0. The molecule has 0 radical (unpaired) electrons. The van der Waals surface area contributed by atoms with Crippen LogP contribution in [0.4, 0.5) is 0 Å². The third-order valence-electron chi connectivity index (χ3n) is 5.41. The van der Waals surface area contributed by atoms with Gasteiger partial charge in [0.2, 0.25) is 5.89 Å². The van der Waals surface area contributed by atoms with Gasteiger partial charge >= 0.3 is 5.97 Å². The number of rotatable bonds is 3. The average molecular weight is 276 g/mol. The summed E-state index contributed by atoms with van der Waals surface area (Å²) in [5, 5.41) is 3.81. The van der Waals surface area contributed by atoms with Crippen molar-refractivity contribution >= 4 is 5.97 Å². The van der Waals surface area contributed by atoms with E-state index in [0.29, 0.717) is 30.3 Å². The van der Waals surface area contributed by atoms with Crippen LogP contribution in [0.25, 0.3) is 0 Å². The minimum atomic E-state index is -0.480. The molecule has 0 spiro atoms. The fourth-order valence-corrected chi connectivity index (χ4v) is 4.98. The van der Waals surface area contributed by atoms with Crippen molar-refractivity contribution in [3.8, 4) is 0 Å². The fourth-order valence-electron chi connectivity index (χ4n) is 4.98. The van der Waals surface area contributed by atoms with Gasteiger partial charge in [-0.1, -0.05) is 0 Å². The molecule has 108 valence electrons. The van der Waals surface area contributed by atoms with Gasteiger partial charge in [0, 0.05) is 5.92 Å². The normalized spacial score (nSPS) is 38.1. The quantitative estimate of drug-likeness (QED) is 0.794. The first-order valence-electron chi connectivity index (χ1n) is 7.75. The molecule has 1 aromatic rings. The summed E-state index contributed by atoms with van der Waals surface area (Å²) in [6.45, 7) is 2.11. The fraction of sp³-hybridized carbons (Fsp3) is 0.800. The molecule has 4 aliphatic carbocycles. The van der Waals surface area contributed by atoms with Crippen molar-refractivity contribution in [2.75, 3.05) is 6.61 Å². The Bertz CT molecular complexity index is 497. The number of esters is 1. The largest absolute Gasteiger partial charge is 0.460 e. The summed E-state index contributed by atoms with van der Waals surface area (Å²) < 4.78 is 10.3. The third kappa shape index (κ3) is 1.86. The lowest BCUT2D eigenvalue weighted by Crippen LogP contribution is -2.43. The molecule has 20 heavy (non-hydrogen) atoms. The third-order valence-corrected chi connectivity index (χ3v) is 5.41. The van der Waals surface area contributed by atoms with Crippen LogP contribution in [0.5, 0.6) is 0 Å². The minimum absolute atomic E-state index is 0.0793. The Balaban J connectivity index is 1.57. The highest BCUT2D eigenvalue weighted by atomic mass is 16.5. The minimum Gasteiger partial charge on any atom is -0.460 e. The van der Waals surface area contributed by atoms with Crippen molar-refractivity contribution in [2.45, 2.75) is 44.9 Å². The van der Waals surface area contributed by atoms with Gasteiger partial charge in [0.25, 0.3) is 5.82 Å². The predicted octanol–water partition coefficient (Wildman–Crippen LogP) is 2.79. The number of carbonyl (C=O) groups excluding carboxylic acids is 1. The Kier molecular flexibility index (Phi) is 2.82. The maximum Gasteiger partial charge on any atom is 0.379 e. The molecule has 4 aliphatic rings. The Morgan fingerprint density at radius 1 is 1.20 bits per heavy atom. The van der Waals surface area contributed by atoms with Gasteiger partial charge < -0.3 is 9.26 Å². The second-order valence-electron chi connectivity index (χ2n) is 6.63. The topological polar surface area (TPSA) is 65.2 Å². The first-order chi connectivity index (χ1) is 9.74. The van der Waals surface area contributed by atoms with Crippen molar-refractivity contribution in [1.29, 1.82) is 0 Å². The number of ether oxygens (including phenoxy) is 1. The Morgan fingerprint density at radius 2 is 1.85 bits per heavy atom. The van der Waals surface area contributed by atoms with Crippen LogP contribution < -0.4 is 0 Å². The Labute approximate surface area is 118 Å². The first kappa shape index (κ1) is 12.4. The lowest BCUT2D eigenvalue weighted by molar-refractivity contribution is -0.0131. The van der Waals surface area contributed by atoms with Crippen LogP contribution in [0.3, 0.4) is 0 Å².